The van der Waals surface area contributed by atoms with E-state index in [-0.39, 0.29) is 5.91 Å². The summed E-state index contributed by atoms with van der Waals surface area (Å²) >= 11 is 0. The lowest BCUT2D eigenvalue weighted by Crippen LogP contribution is -2.48. The van der Waals surface area contributed by atoms with E-state index in [1.807, 2.05) is 18.0 Å². The maximum atomic E-state index is 11.9. The summed E-state index contributed by atoms with van der Waals surface area (Å²) in [5.74, 6) is 3.61. The van der Waals surface area contributed by atoms with Gasteiger partial charge in [0.2, 0.25) is 5.91 Å². The third-order valence-corrected chi connectivity index (χ3v) is 4.67. The third-order valence-electron chi connectivity index (χ3n) is 4.67. The van der Waals surface area contributed by atoms with Crippen molar-refractivity contribution in [2.24, 2.45) is 17.8 Å². The van der Waals surface area contributed by atoms with Crippen LogP contribution in [0.4, 0.5) is 11.6 Å². The maximum Gasteiger partial charge on any atom is 0.241 e. The topological polar surface area (TPSA) is 61.4 Å². The number of rotatable bonds is 6. The number of anilines is 2. The second-order valence-corrected chi connectivity index (χ2v) is 7.03. The molecule has 0 spiro atoms. The van der Waals surface area contributed by atoms with Crippen LogP contribution in [0.1, 0.15) is 27.7 Å². The highest BCUT2D eigenvalue weighted by Crippen LogP contribution is 2.22. The predicted octanol–water partition coefficient (Wildman–Crippen LogP) is 2.10. The number of likely N-dealkylation sites (N-methyl/N-ethyl adjacent to an activating group) is 1. The maximum absolute atomic E-state index is 11.9. The smallest absolute Gasteiger partial charge is 0.241 e. The number of carbonyl (C=O) groups excluding carboxylic acids is 1. The lowest BCUT2D eigenvalue weighted by molar-refractivity contribution is -0.129. The first-order chi connectivity index (χ1) is 10.9. The fraction of sp³-hybridized carbons (Fsp3) is 0.706. The van der Waals surface area contributed by atoms with Gasteiger partial charge in [-0.25, -0.2) is 9.97 Å². The van der Waals surface area contributed by atoms with E-state index >= 15 is 0 Å². The minimum absolute atomic E-state index is 0.129. The van der Waals surface area contributed by atoms with Gasteiger partial charge in [-0.1, -0.05) is 27.7 Å². The highest BCUT2D eigenvalue weighted by atomic mass is 16.2. The van der Waals surface area contributed by atoms with Crippen LogP contribution in [0.2, 0.25) is 0 Å². The molecule has 0 aliphatic carbocycles. The molecule has 1 aromatic rings. The van der Waals surface area contributed by atoms with Crippen LogP contribution in [0.3, 0.4) is 0 Å². The number of nitrogens with zero attached hydrogens (tertiary/aromatic N) is 4. The largest absolute Gasteiger partial charge is 0.370 e. The summed E-state index contributed by atoms with van der Waals surface area (Å²) in [6.45, 7) is 11.8. The number of carbonyl (C=O) groups is 1. The van der Waals surface area contributed by atoms with E-state index in [1.165, 1.54) is 0 Å². The first-order valence-corrected chi connectivity index (χ1v) is 8.43. The number of nitrogens with one attached hydrogen (secondary N) is 1. The summed E-state index contributed by atoms with van der Waals surface area (Å²) in [5.41, 5.74) is 0. The Bertz CT molecular complexity index is 523. The van der Waals surface area contributed by atoms with Gasteiger partial charge in [-0.3, -0.25) is 4.79 Å². The van der Waals surface area contributed by atoms with Crippen molar-refractivity contribution in [3.05, 3.63) is 12.4 Å². The molecule has 1 amide bonds. The first kappa shape index (κ1) is 17.5. The Kier molecular flexibility index (Phi) is 5.80. The molecule has 1 aromatic heterocycles. The molecule has 2 heterocycles. The molecular weight excluding hydrogens is 290 g/mol. The Balaban J connectivity index is 2.01. The zero-order valence-corrected chi connectivity index (χ0v) is 14.9. The van der Waals surface area contributed by atoms with Crippen molar-refractivity contribution in [3.8, 4) is 0 Å². The molecular formula is C17H29N5O. The number of hydrogen-bond donors (Lipinski definition) is 1. The highest BCUT2D eigenvalue weighted by molar-refractivity contribution is 5.82. The molecule has 1 aliphatic heterocycles. The summed E-state index contributed by atoms with van der Waals surface area (Å²) < 4.78 is 0. The van der Waals surface area contributed by atoms with E-state index < -0.39 is 0 Å². The zero-order chi connectivity index (χ0) is 17.0. The second kappa shape index (κ2) is 7.62. The van der Waals surface area contributed by atoms with E-state index in [9.17, 15) is 4.79 Å². The molecule has 0 radical (unpaired) electrons. The minimum atomic E-state index is 0.129. The Hall–Kier alpha value is -1.85. The molecule has 0 aromatic carbocycles. The Morgan fingerprint density at radius 1 is 1.17 bits per heavy atom. The Morgan fingerprint density at radius 2 is 1.87 bits per heavy atom. The van der Waals surface area contributed by atoms with Crippen molar-refractivity contribution < 1.29 is 4.79 Å². The number of aromatic nitrogens is 2. The summed E-state index contributed by atoms with van der Waals surface area (Å²) in [5, 5.41) is 3.43. The van der Waals surface area contributed by atoms with Gasteiger partial charge in [0, 0.05) is 32.7 Å². The van der Waals surface area contributed by atoms with Gasteiger partial charge in [0.1, 0.15) is 18.0 Å². The Labute approximate surface area is 139 Å². The van der Waals surface area contributed by atoms with Crippen LogP contribution in [-0.4, -0.2) is 54.0 Å². The van der Waals surface area contributed by atoms with Gasteiger partial charge < -0.3 is 15.1 Å². The standard InChI is InChI=1S/C17H29N5O/c1-12(2)14(13(3)4)9-18-15-8-16(20-11-19-15)22-7-6-21(5)17(23)10-22/h8,11-14H,6-7,9-10H2,1-5H3,(H,18,19,20). The zero-order valence-electron chi connectivity index (χ0n) is 14.9. The molecule has 0 bridgehead atoms. The van der Waals surface area contributed by atoms with Crippen LogP contribution in [-0.2, 0) is 4.79 Å². The molecule has 6 heteroatoms. The van der Waals surface area contributed by atoms with Crippen LogP contribution < -0.4 is 10.2 Å². The predicted molar refractivity (Wildman–Crippen MR) is 93.5 cm³/mol. The van der Waals surface area contributed by atoms with Crippen molar-refractivity contribution in [3.63, 3.8) is 0 Å². The van der Waals surface area contributed by atoms with E-state index in [0.717, 1.165) is 31.3 Å². The van der Waals surface area contributed by atoms with Gasteiger partial charge in [0.15, 0.2) is 0 Å². The van der Waals surface area contributed by atoms with E-state index in [1.54, 1.807) is 11.2 Å². The molecule has 0 saturated carbocycles. The van der Waals surface area contributed by atoms with E-state index in [2.05, 4.69) is 43.0 Å². The fourth-order valence-corrected chi connectivity index (χ4v) is 3.03. The second-order valence-electron chi connectivity index (χ2n) is 7.03. The highest BCUT2D eigenvalue weighted by Gasteiger charge is 2.22. The number of hydrogen-bond acceptors (Lipinski definition) is 5. The summed E-state index contributed by atoms with van der Waals surface area (Å²) in [7, 11) is 1.84. The van der Waals surface area contributed by atoms with Gasteiger partial charge in [0.05, 0.1) is 6.54 Å². The van der Waals surface area contributed by atoms with E-state index in [0.29, 0.717) is 24.3 Å². The summed E-state index contributed by atoms with van der Waals surface area (Å²) in [6.07, 6.45) is 1.57. The average molecular weight is 319 g/mol. The summed E-state index contributed by atoms with van der Waals surface area (Å²) in [4.78, 5) is 24.3. The SMILES string of the molecule is CC(C)C(CNc1cc(N2CCN(C)C(=O)C2)ncn1)C(C)C. The fourth-order valence-electron chi connectivity index (χ4n) is 3.03. The Morgan fingerprint density at radius 3 is 2.48 bits per heavy atom. The average Bonchev–Trinajstić information content (AvgIpc) is 2.50. The molecule has 0 atom stereocenters. The van der Waals surface area contributed by atoms with Crippen molar-refractivity contribution in [2.45, 2.75) is 27.7 Å². The summed E-state index contributed by atoms with van der Waals surface area (Å²) in [6, 6.07) is 1.94. The van der Waals surface area contributed by atoms with Crippen molar-refractivity contribution in [1.82, 2.24) is 14.9 Å². The number of piperazine rings is 1. The van der Waals surface area contributed by atoms with Crippen LogP contribution in [0.5, 0.6) is 0 Å². The lowest BCUT2D eigenvalue weighted by atomic mass is 9.85. The quantitative estimate of drug-likeness (QED) is 0.870. The normalized spacial score (nSPS) is 15.9. The number of amides is 1. The van der Waals surface area contributed by atoms with Gasteiger partial charge in [-0.2, -0.15) is 0 Å². The van der Waals surface area contributed by atoms with Gasteiger partial charge in [-0.15, -0.1) is 0 Å². The van der Waals surface area contributed by atoms with Gasteiger partial charge in [0.25, 0.3) is 0 Å². The molecule has 6 nitrogen and oxygen atoms in total. The van der Waals surface area contributed by atoms with Crippen molar-refractivity contribution in [1.29, 1.82) is 0 Å². The molecule has 1 aliphatic rings. The van der Waals surface area contributed by atoms with Gasteiger partial charge in [-0.05, 0) is 17.8 Å². The van der Waals surface area contributed by atoms with Crippen LogP contribution in [0.15, 0.2) is 12.4 Å². The molecule has 1 saturated heterocycles. The molecule has 1 N–H and O–H groups in total. The molecule has 128 valence electrons. The lowest BCUT2D eigenvalue weighted by Gasteiger charge is -2.32. The van der Waals surface area contributed by atoms with Crippen molar-refractivity contribution >= 4 is 17.5 Å². The molecule has 1 fully saturated rings. The van der Waals surface area contributed by atoms with Gasteiger partial charge >= 0.3 is 0 Å². The van der Waals surface area contributed by atoms with Crippen LogP contribution in [0, 0.1) is 17.8 Å². The van der Waals surface area contributed by atoms with Crippen molar-refractivity contribution in [2.75, 3.05) is 43.4 Å². The van der Waals surface area contributed by atoms with Crippen LogP contribution in [0.25, 0.3) is 0 Å². The third kappa shape index (κ3) is 4.56. The minimum Gasteiger partial charge on any atom is -0.370 e. The molecule has 23 heavy (non-hydrogen) atoms. The van der Waals surface area contributed by atoms with Crippen LogP contribution >= 0.6 is 0 Å². The van der Waals surface area contributed by atoms with E-state index in [4.69, 9.17) is 0 Å². The molecule has 0 unspecified atom stereocenters. The molecule has 2 rings (SSSR count). The monoisotopic (exact) mass is 319 g/mol. The first-order valence-electron chi connectivity index (χ1n) is 8.43.